The lowest BCUT2D eigenvalue weighted by Crippen LogP contribution is -2.55. The highest BCUT2D eigenvalue weighted by atomic mass is 16.2. The van der Waals surface area contributed by atoms with Crippen molar-refractivity contribution in [2.24, 2.45) is 0 Å². The summed E-state index contributed by atoms with van der Waals surface area (Å²) in [7, 11) is 0. The number of carbonyl (C=O) groups excluding carboxylic acids is 3. The number of likely N-dealkylation sites (tertiary alicyclic amines) is 1. The molecule has 27 heavy (non-hydrogen) atoms. The minimum absolute atomic E-state index is 0.0386. The molecule has 2 heterocycles. The zero-order valence-electron chi connectivity index (χ0n) is 14.9. The van der Waals surface area contributed by atoms with E-state index in [1.54, 1.807) is 17.0 Å². The summed E-state index contributed by atoms with van der Waals surface area (Å²) in [5.41, 5.74) is 0.662. The molecule has 4 rings (SSSR count). The van der Waals surface area contributed by atoms with Crippen LogP contribution >= 0.6 is 0 Å². The van der Waals surface area contributed by atoms with Crippen molar-refractivity contribution in [3.8, 4) is 0 Å². The fourth-order valence-corrected chi connectivity index (χ4v) is 3.78. The third-order valence-electron chi connectivity index (χ3n) is 5.35. The van der Waals surface area contributed by atoms with Gasteiger partial charge in [-0.2, -0.15) is 0 Å². The Morgan fingerprint density at radius 3 is 2.15 bits per heavy atom. The molecule has 2 aliphatic rings. The van der Waals surface area contributed by atoms with E-state index in [-0.39, 0.29) is 24.4 Å². The Kier molecular flexibility index (Phi) is 4.39. The molecule has 6 nitrogen and oxygen atoms in total. The van der Waals surface area contributed by atoms with Crippen LogP contribution in [0.3, 0.4) is 0 Å². The van der Waals surface area contributed by atoms with Crippen LogP contribution in [0.4, 0.5) is 4.79 Å². The first-order valence-corrected chi connectivity index (χ1v) is 9.11. The molecule has 2 saturated heterocycles. The van der Waals surface area contributed by atoms with E-state index in [0.717, 1.165) is 5.56 Å². The highest BCUT2D eigenvalue weighted by Crippen LogP contribution is 2.31. The first-order chi connectivity index (χ1) is 13.1. The van der Waals surface area contributed by atoms with E-state index in [4.69, 9.17) is 0 Å². The van der Waals surface area contributed by atoms with Crippen molar-refractivity contribution in [2.45, 2.75) is 24.9 Å². The maximum Gasteiger partial charge on any atom is 0.325 e. The maximum atomic E-state index is 13.0. The lowest BCUT2D eigenvalue weighted by molar-refractivity contribution is -0.133. The third-order valence-corrected chi connectivity index (χ3v) is 5.35. The van der Waals surface area contributed by atoms with Gasteiger partial charge in [-0.05, 0) is 30.5 Å². The lowest BCUT2D eigenvalue weighted by Gasteiger charge is -2.37. The van der Waals surface area contributed by atoms with Gasteiger partial charge in [0, 0.05) is 18.7 Å². The van der Waals surface area contributed by atoms with Crippen molar-refractivity contribution < 1.29 is 14.4 Å². The van der Waals surface area contributed by atoms with Crippen LogP contribution in [0.1, 0.15) is 28.8 Å². The quantitative estimate of drug-likeness (QED) is 0.852. The zero-order chi connectivity index (χ0) is 18.9. The third kappa shape index (κ3) is 3.18. The Bertz CT molecular complexity index is 859. The molecule has 4 amide bonds. The van der Waals surface area contributed by atoms with Crippen molar-refractivity contribution in [2.75, 3.05) is 13.1 Å². The zero-order valence-corrected chi connectivity index (χ0v) is 14.9. The number of benzene rings is 2. The van der Waals surface area contributed by atoms with E-state index in [9.17, 15) is 14.4 Å². The Labute approximate surface area is 157 Å². The number of carbonyl (C=O) groups is 3. The van der Waals surface area contributed by atoms with Crippen LogP contribution in [0.2, 0.25) is 0 Å². The minimum Gasteiger partial charge on any atom is -0.338 e. The average Bonchev–Trinajstić information content (AvgIpc) is 2.94. The number of nitrogens with one attached hydrogen (secondary N) is 1. The standard InChI is InChI=1S/C21H21N3O3/c25-18(17-9-5-2-6-10-17)23-13-11-21(12-14-23)19(26)24(20(27)22-21)15-16-7-3-1-4-8-16/h1-10H,11-15H2,(H,22,27). The van der Waals surface area contributed by atoms with Gasteiger partial charge in [0.05, 0.1) is 6.54 Å². The predicted molar refractivity (Wildman–Crippen MR) is 99.8 cm³/mol. The summed E-state index contributed by atoms with van der Waals surface area (Å²) in [6.45, 7) is 1.15. The second-order valence-electron chi connectivity index (χ2n) is 7.05. The van der Waals surface area contributed by atoms with Crippen LogP contribution in [0.25, 0.3) is 0 Å². The first-order valence-electron chi connectivity index (χ1n) is 9.11. The Hall–Kier alpha value is -3.15. The van der Waals surface area contributed by atoms with E-state index >= 15 is 0 Å². The summed E-state index contributed by atoms with van der Waals surface area (Å²) < 4.78 is 0. The molecule has 0 bridgehead atoms. The van der Waals surface area contributed by atoms with Gasteiger partial charge < -0.3 is 10.2 Å². The molecule has 2 fully saturated rings. The van der Waals surface area contributed by atoms with E-state index < -0.39 is 5.54 Å². The van der Waals surface area contributed by atoms with E-state index in [0.29, 0.717) is 31.5 Å². The van der Waals surface area contributed by atoms with Crippen molar-refractivity contribution in [1.82, 2.24) is 15.1 Å². The molecule has 1 N–H and O–H groups in total. The van der Waals surface area contributed by atoms with Gasteiger partial charge >= 0.3 is 6.03 Å². The summed E-state index contributed by atoms with van der Waals surface area (Å²) in [5, 5.41) is 2.89. The molecular weight excluding hydrogens is 342 g/mol. The first kappa shape index (κ1) is 17.3. The second kappa shape index (κ2) is 6.87. The minimum atomic E-state index is -0.890. The molecule has 1 spiro atoms. The normalized spacial score (nSPS) is 18.7. The molecule has 2 aliphatic heterocycles. The molecule has 0 atom stereocenters. The number of piperidine rings is 1. The summed E-state index contributed by atoms with van der Waals surface area (Å²) >= 11 is 0. The Balaban J connectivity index is 1.44. The number of amides is 4. The van der Waals surface area contributed by atoms with Crippen LogP contribution in [0.15, 0.2) is 60.7 Å². The van der Waals surface area contributed by atoms with Gasteiger partial charge in [0.15, 0.2) is 0 Å². The Morgan fingerprint density at radius 2 is 1.52 bits per heavy atom. The summed E-state index contributed by atoms with van der Waals surface area (Å²) in [6.07, 6.45) is 0.864. The van der Waals surface area contributed by atoms with E-state index in [1.807, 2.05) is 48.5 Å². The number of imide groups is 1. The van der Waals surface area contributed by atoms with Crippen molar-refractivity contribution in [1.29, 1.82) is 0 Å². The highest BCUT2D eigenvalue weighted by molar-refractivity contribution is 6.07. The molecule has 0 unspecified atom stereocenters. The van der Waals surface area contributed by atoms with Gasteiger partial charge in [-0.3, -0.25) is 14.5 Å². The SMILES string of the molecule is O=C(c1ccccc1)N1CCC2(CC1)NC(=O)N(Cc1ccccc1)C2=O. The molecule has 0 aliphatic carbocycles. The summed E-state index contributed by atoms with van der Waals surface area (Å²) in [5.74, 6) is -0.230. The molecule has 0 radical (unpaired) electrons. The monoisotopic (exact) mass is 363 g/mol. The van der Waals surface area contributed by atoms with Gasteiger partial charge in [0.25, 0.3) is 11.8 Å². The van der Waals surface area contributed by atoms with Crippen molar-refractivity contribution in [3.63, 3.8) is 0 Å². The average molecular weight is 363 g/mol. The molecule has 2 aromatic rings. The largest absolute Gasteiger partial charge is 0.338 e. The molecular formula is C21H21N3O3. The summed E-state index contributed by atoms with van der Waals surface area (Å²) in [4.78, 5) is 41.0. The van der Waals surface area contributed by atoms with E-state index in [2.05, 4.69) is 5.32 Å². The highest BCUT2D eigenvalue weighted by Gasteiger charge is 2.52. The van der Waals surface area contributed by atoms with Crippen LogP contribution < -0.4 is 5.32 Å². The number of nitrogens with zero attached hydrogens (tertiary/aromatic N) is 2. The molecule has 0 saturated carbocycles. The van der Waals surface area contributed by atoms with E-state index in [1.165, 1.54) is 4.90 Å². The van der Waals surface area contributed by atoms with Gasteiger partial charge in [0.1, 0.15) is 5.54 Å². The van der Waals surface area contributed by atoms with Crippen LogP contribution in [-0.4, -0.2) is 46.3 Å². The van der Waals surface area contributed by atoms with Gasteiger partial charge in [-0.25, -0.2) is 4.79 Å². The second-order valence-corrected chi connectivity index (χ2v) is 7.05. The van der Waals surface area contributed by atoms with Crippen molar-refractivity contribution >= 4 is 17.8 Å². The maximum absolute atomic E-state index is 13.0. The van der Waals surface area contributed by atoms with Gasteiger partial charge in [0.2, 0.25) is 0 Å². The molecule has 6 heteroatoms. The fraction of sp³-hybridized carbons (Fsp3) is 0.286. The lowest BCUT2D eigenvalue weighted by atomic mass is 9.87. The number of rotatable bonds is 3. The number of hydrogen-bond acceptors (Lipinski definition) is 3. The van der Waals surface area contributed by atoms with Gasteiger partial charge in [-0.15, -0.1) is 0 Å². The summed E-state index contributed by atoms with van der Waals surface area (Å²) in [6, 6.07) is 18.2. The van der Waals surface area contributed by atoms with Gasteiger partial charge in [-0.1, -0.05) is 48.5 Å². The number of hydrogen-bond donors (Lipinski definition) is 1. The fourth-order valence-electron chi connectivity index (χ4n) is 3.78. The smallest absolute Gasteiger partial charge is 0.325 e. The van der Waals surface area contributed by atoms with Crippen molar-refractivity contribution in [3.05, 3.63) is 71.8 Å². The number of urea groups is 1. The Morgan fingerprint density at radius 1 is 0.926 bits per heavy atom. The topological polar surface area (TPSA) is 69.7 Å². The van der Waals surface area contributed by atoms with Crippen LogP contribution in [0, 0.1) is 0 Å². The van der Waals surface area contributed by atoms with Crippen LogP contribution in [0.5, 0.6) is 0 Å². The molecule has 138 valence electrons. The van der Waals surface area contributed by atoms with Crippen LogP contribution in [-0.2, 0) is 11.3 Å². The molecule has 2 aromatic carbocycles. The predicted octanol–water partition coefficient (Wildman–Crippen LogP) is 2.41. The molecule has 0 aromatic heterocycles.